The minimum Gasteiger partial charge on any atom is -0.497 e. The standard InChI is InChI=1S/C16H14N2O4S/c1-21-10-4-2-9(3-5-10)8-22-11-6-7-18-15-12(11)13(17)14(23-15)16(19)20/h2-7H,8,17H2,1H3,(H,19,20). The summed E-state index contributed by atoms with van der Waals surface area (Å²) < 4.78 is 10.9. The van der Waals surface area contributed by atoms with E-state index in [-0.39, 0.29) is 10.6 Å². The van der Waals surface area contributed by atoms with Crippen LogP contribution in [0.5, 0.6) is 11.5 Å². The highest BCUT2D eigenvalue weighted by Gasteiger charge is 2.19. The van der Waals surface area contributed by atoms with E-state index < -0.39 is 5.97 Å². The van der Waals surface area contributed by atoms with Gasteiger partial charge in [-0.05, 0) is 23.8 Å². The first-order valence-electron chi connectivity index (χ1n) is 6.76. The van der Waals surface area contributed by atoms with Crippen LogP contribution < -0.4 is 15.2 Å². The molecule has 0 fully saturated rings. The number of methoxy groups -OCH3 is 1. The number of aromatic carboxylic acids is 1. The summed E-state index contributed by atoms with van der Waals surface area (Å²) in [6.07, 6.45) is 1.58. The molecule has 6 nitrogen and oxygen atoms in total. The second kappa shape index (κ2) is 6.13. The van der Waals surface area contributed by atoms with Gasteiger partial charge in [0.2, 0.25) is 0 Å². The van der Waals surface area contributed by atoms with E-state index in [9.17, 15) is 4.79 Å². The first-order valence-corrected chi connectivity index (χ1v) is 7.58. The Bertz CT molecular complexity index is 858. The summed E-state index contributed by atoms with van der Waals surface area (Å²) in [6, 6.07) is 9.18. The molecule has 118 valence electrons. The topological polar surface area (TPSA) is 94.7 Å². The Labute approximate surface area is 136 Å². The van der Waals surface area contributed by atoms with E-state index in [0.717, 1.165) is 22.6 Å². The molecule has 0 saturated heterocycles. The summed E-state index contributed by atoms with van der Waals surface area (Å²) in [5, 5.41) is 9.71. The molecule has 0 unspecified atom stereocenters. The van der Waals surface area contributed by atoms with Crippen molar-refractivity contribution in [3.63, 3.8) is 0 Å². The zero-order valence-corrected chi connectivity index (χ0v) is 13.1. The molecular formula is C16H14N2O4S. The number of hydrogen-bond donors (Lipinski definition) is 2. The molecule has 2 heterocycles. The number of carboxylic acid groups (broad SMARTS) is 1. The van der Waals surface area contributed by atoms with Gasteiger partial charge in [-0.15, -0.1) is 11.3 Å². The third-order valence-electron chi connectivity index (χ3n) is 3.34. The van der Waals surface area contributed by atoms with Crippen LogP contribution in [0.2, 0.25) is 0 Å². The van der Waals surface area contributed by atoms with Gasteiger partial charge in [0.15, 0.2) is 0 Å². The second-order valence-corrected chi connectivity index (χ2v) is 5.78. The molecule has 0 spiro atoms. The van der Waals surface area contributed by atoms with Crippen LogP contribution in [0.15, 0.2) is 36.5 Å². The van der Waals surface area contributed by atoms with Crippen molar-refractivity contribution in [2.45, 2.75) is 6.61 Å². The lowest BCUT2D eigenvalue weighted by atomic mass is 10.2. The maximum Gasteiger partial charge on any atom is 0.348 e. The molecule has 0 amide bonds. The average molecular weight is 330 g/mol. The van der Waals surface area contributed by atoms with Crippen molar-refractivity contribution in [2.75, 3.05) is 12.8 Å². The summed E-state index contributed by atoms with van der Waals surface area (Å²) >= 11 is 1.04. The van der Waals surface area contributed by atoms with Crippen LogP contribution in [-0.4, -0.2) is 23.2 Å². The normalized spacial score (nSPS) is 10.7. The molecule has 3 N–H and O–H groups in total. The van der Waals surface area contributed by atoms with Gasteiger partial charge in [-0.25, -0.2) is 9.78 Å². The molecule has 0 saturated carbocycles. The number of carbonyl (C=O) groups is 1. The first-order chi connectivity index (χ1) is 11.1. The molecule has 0 aliphatic carbocycles. The van der Waals surface area contributed by atoms with Crippen LogP contribution in [0.25, 0.3) is 10.2 Å². The van der Waals surface area contributed by atoms with Crippen molar-refractivity contribution in [1.82, 2.24) is 4.98 Å². The fraction of sp³-hybridized carbons (Fsp3) is 0.125. The van der Waals surface area contributed by atoms with E-state index in [1.807, 2.05) is 24.3 Å². The number of benzene rings is 1. The van der Waals surface area contributed by atoms with E-state index in [1.54, 1.807) is 19.4 Å². The fourth-order valence-corrected chi connectivity index (χ4v) is 3.10. The third-order valence-corrected chi connectivity index (χ3v) is 4.44. The Balaban J connectivity index is 1.89. The highest BCUT2D eigenvalue weighted by Crippen LogP contribution is 2.38. The van der Waals surface area contributed by atoms with Gasteiger partial charge in [0.1, 0.15) is 27.8 Å². The lowest BCUT2D eigenvalue weighted by molar-refractivity contribution is 0.0703. The summed E-state index contributed by atoms with van der Waals surface area (Å²) in [4.78, 5) is 16.0. The molecule has 1 aromatic carbocycles. The Hall–Kier alpha value is -2.80. The van der Waals surface area contributed by atoms with Gasteiger partial charge in [0.05, 0.1) is 18.2 Å². The van der Waals surface area contributed by atoms with Gasteiger partial charge in [-0.1, -0.05) is 12.1 Å². The highest BCUT2D eigenvalue weighted by atomic mass is 32.1. The SMILES string of the molecule is COc1ccc(COc2ccnc3sc(C(=O)O)c(N)c23)cc1. The minimum atomic E-state index is -1.06. The van der Waals surface area contributed by atoms with Crippen molar-refractivity contribution in [3.8, 4) is 11.5 Å². The number of rotatable bonds is 5. The minimum absolute atomic E-state index is 0.0768. The van der Waals surface area contributed by atoms with E-state index >= 15 is 0 Å². The lowest BCUT2D eigenvalue weighted by Crippen LogP contribution is -1.99. The molecule has 0 aliphatic heterocycles. The molecule has 7 heteroatoms. The lowest BCUT2D eigenvalue weighted by Gasteiger charge is -2.08. The average Bonchev–Trinajstić information content (AvgIpc) is 2.91. The van der Waals surface area contributed by atoms with E-state index in [1.165, 1.54) is 0 Å². The number of pyridine rings is 1. The number of anilines is 1. The van der Waals surface area contributed by atoms with Gasteiger partial charge < -0.3 is 20.3 Å². The van der Waals surface area contributed by atoms with Crippen LogP contribution in [0.4, 0.5) is 5.69 Å². The quantitative estimate of drug-likeness (QED) is 0.746. The zero-order chi connectivity index (χ0) is 16.4. The summed E-state index contributed by atoms with van der Waals surface area (Å²) in [6.45, 7) is 0.334. The van der Waals surface area contributed by atoms with Crippen molar-refractivity contribution in [2.24, 2.45) is 0 Å². The van der Waals surface area contributed by atoms with Gasteiger partial charge in [0.25, 0.3) is 0 Å². The molecule has 0 bridgehead atoms. The first kappa shape index (κ1) is 15.1. The number of nitrogens with zero attached hydrogens (tertiary/aromatic N) is 1. The number of nitrogens with two attached hydrogens (primary N) is 1. The number of hydrogen-bond acceptors (Lipinski definition) is 6. The number of thiophene rings is 1. The molecule has 23 heavy (non-hydrogen) atoms. The summed E-state index contributed by atoms with van der Waals surface area (Å²) in [5.74, 6) is 0.229. The monoisotopic (exact) mass is 330 g/mol. The predicted molar refractivity (Wildman–Crippen MR) is 88.3 cm³/mol. The molecule has 0 atom stereocenters. The Morgan fingerprint density at radius 2 is 2.04 bits per heavy atom. The number of aromatic nitrogens is 1. The third kappa shape index (κ3) is 2.91. The van der Waals surface area contributed by atoms with E-state index in [0.29, 0.717) is 22.6 Å². The fourth-order valence-electron chi connectivity index (χ4n) is 2.18. The number of ether oxygens (including phenoxy) is 2. The van der Waals surface area contributed by atoms with Gasteiger partial charge >= 0.3 is 5.97 Å². The largest absolute Gasteiger partial charge is 0.497 e. The number of carboxylic acids is 1. The van der Waals surface area contributed by atoms with Crippen molar-refractivity contribution < 1.29 is 19.4 Å². The second-order valence-electron chi connectivity index (χ2n) is 4.78. The van der Waals surface area contributed by atoms with Gasteiger partial charge in [-0.3, -0.25) is 0 Å². The summed E-state index contributed by atoms with van der Waals surface area (Å²) in [5.41, 5.74) is 7.09. The Morgan fingerprint density at radius 3 is 2.70 bits per heavy atom. The van der Waals surface area contributed by atoms with Crippen molar-refractivity contribution >= 4 is 33.2 Å². The van der Waals surface area contributed by atoms with Crippen LogP contribution in [0, 0.1) is 0 Å². The molecule has 3 rings (SSSR count). The Kier molecular flexibility index (Phi) is 4.03. The van der Waals surface area contributed by atoms with Crippen LogP contribution in [0.3, 0.4) is 0 Å². The number of fused-ring (bicyclic) bond motifs is 1. The predicted octanol–water partition coefficient (Wildman–Crippen LogP) is 3.16. The smallest absolute Gasteiger partial charge is 0.348 e. The molecule has 3 aromatic rings. The van der Waals surface area contributed by atoms with Crippen LogP contribution in [-0.2, 0) is 6.61 Å². The number of nitrogen functional groups attached to an aromatic ring is 1. The van der Waals surface area contributed by atoms with E-state index in [4.69, 9.17) is 20.3 Å². The van der Waals surface area contributed by atoms with Crippen LogP contribution in [0.1, 0.15) is 15.2 Å². The van der Waals surface area contributed by atoms with E-state index in [2.05, 4.69) is 4.98 Å². The van der Waals surface area contributed by atoms with Crippen molar-refractivity contribution in [3.05, 3.63) is 47.0 Å². The highest BCUT2D eigenvalue weighted by molar-refractivity contribution is 7.21. The molecule has 0 radical (unpaired) electrons. The molecular weight excluding hydrogens is 316 g/mol. The maximum absolute atomic E-state index is 11.2. The van der Waals surface area contributed by atoms with Gasteiger partial charge in [-0.2, -0.15) is 0 Å². The Morgan fingerprint density at radius 1 is 1.30 bits per heavy atom. The maximum atomic E-state index is 11.2. The molecule has 2 aromatic heterocycles. The summed E-state index contributed by atoms with van der Waals surface area (Å²) in [7, 11) is 1.61. The van der Waals surface area contributed by atoms with Crippen molar-refractivity contribution in [1.29, 1.82) is 0 Å². The van der Waals surface area contributed by atoms with Crippen LogP contribution >= 0.6 is 11.3 Å². The molecule has 0 aliphatic rings. The van der Waals surface area contributed by atoms with Gasteiger partial charge in [0, 0.05) is 6.20 Å². The zero-order valence-electron chi connectivity index (χ0n) is 12.3.